The number of ether oxygens (including phenoxy) is 1. The standard InChI is InChI=1S/C20H21N3O2/c1-12-18-19(23-14-4-3-5-15(11-14)25-2)22-9-8-20(12,18)13-6-7-17(24)16(21)10-13/h3-12,18,24H,21H2,1-2H3,(H,22,23). The summed E-state index contributed by atoms with van der Waals surface area (Å²) in [7, 11) is 1.66. The first kappa shape index (κ1) is 15.6. The van der Waals surface area contributed by atoms with E-state index in [0.29, 0.717) is 11.6 Å². The summed E-state index contributed by atoms with van der Waals surface area (Å²) in [6.07, 6.45) is 4.00. The second-order valence-corrected chi connectivity index (χ2v) is 6.66. The fourth-order valence-corrected chi connectivity index (χ4v) is 3.95. The zero-order chi connectivity index (χ0) is 17.6. The molecule has 0 aromatic heterocycles. The fourth-order valence-electron chi connectivity index (χ4n) is 3.95. The topological polar surface area (TPSA) is 79.9 Å². The normalized spacial score (nSPS) is 26.6. The number of nitrogens with zero attached hydrogens (tertiary/aromatic N) is 1. The van der Waals surface area contributed by atoms with E-state index in [2.05, 4.69) is 23.3 Å². The minimum absolute atomic E-state index is 0.119. The Morgan fingerprint density at radius 2 is 2.08 bits per heavy atom. The van der Waals surface area contributed by atoms with Crippen molar-refractivity contribution >= 4 is 17.2 Å². The van der Waals surface area contributed by atoms with Gasteiger partial charge in [0.25, 0.3) is 0 Å². The molecule has 2 aromatic carbocycles. The number of amidine groups is 1. The summed E-state index contributed by atoms with van der Waals surface area (Å²) in [5.74, 6) is 2.51. The summed E-state index contributed by atoms with van der Waals surface area (Å²) < 4.78 is 5.28. The maximum atomic E-state index is 9.71. The smallest absolute Gasteiger partial charge is 0.138 e. The summed E-state index contributed by atoms with van der Waals surface area (Å²) in [5.41, 5.74) is 8.25. The van der Waals surface area contributed by atoms with Gasteiger partial charge in [0.1, 0.15) is 17.3 Å². The number of nitrogens with one attached hydrogen (secondary N) is 1. The number of methoxy groups -OCH3 is 1. The molecule has 1 heterocycles. The molecular formula is C20H21N3O2. The Morgan fingerprint density at radius 3 is 2.84 bits per heavy atom. The largest absolute Gasteiger partial charge is 0.506 e. The van der Waals surface area contributed by atoms with Gasteiger partial charge in [0.2, 0.25) is 0 Å². The van der Waals surface area contributed by atoms with E-state index >= 15 is 0 Å². The number of fused-ring (bicyclic) bond motifs is 1. The molecule has 0 amide bonds. The number of phenolic OH excluding ortho intramolecular Hbond substituents is 1. The van der Waals surface area contributed by atoms with Crippen LogP contribution in [-0.2, 0) is 5.41 Å². The van der Waals surface area contributed by atoms with Crippen LogP contribution in [0.25, 0.3) is 0 Å². The van der Waals surface area contributed by atoms with E-state index in [0.717, 1.165) is 22.8 Å². The van der Waals surface area contributed by atoms with E-state index in [1.54, 1.807) is 13.2 Å². The van der Waals surface area contributed by atoms with Crippen LogP contribution >= 0.6 is 0 Å². The lowest BCUT2D eigenvalue weighted by Crippen LogP contribution is -2.22. The lowest BCUT2D eigenvalue weighted by Gasteiger charge is -2.19. The van der Waals surface area contributed by atoms with Crippen LogP contribution in [0.2, 0.25) is 0 Å². The first-order chi connectivity index (χ1) is 12.1. The number of anilines is 2. The Labute approximate surface area is 146 Å². The van der Waals surface area contributed by atoms with E-state index in [9.17, 15) is 5.11 Å². The number of hydrogen-bond acceptors (Lipinski definition) is 5. The molecule has 1 saturated carbocycles. The molecule has 0 saturated heterocycles. The highest BCUT2D eigenvalue weighted by Gasteiger charge is 2.64. The summed E-state index contributed by atoms with van der Waals surface area (Å²) in [5, 5.41) is 13.1. The van der Waals surface area contributed by atoms with Gasteiger partial charge in [0.15, 0.2) is 0 Å². The Balaban J connectivity index is 1.64. The van der Waals surface area contributed by atoms with Crippen LogP contribution in [0.5, 0.6) is 11.5 Å². The van der Waals surface area contributed by atoms with Gasteiger partial charge in [0, 0.05) is 29.3 Å². The number of aliphatic imine (C=N–C) groups is 1. The zero-order valence-electron chi connectivity index (χ0n) is 14.2. The van der Waals surface area contributed by atoms with Crippen molar-refractivity contribution in [3.63, 3.8) is 0 Å². The SMILES string of the molecule is COc1cccc(NC2=NC=CC3(c4ccc(O)c(N)c4)C(C)C23)c1. The number of nitrogens with two attached hydrogens (primary N) is 1. The molecule has 5 heteroatoms. The van der Waals surface area contributed by atoms with Crippen molar-refractivity contribution in [2.24, 2.45) is 16.8 Å². The minimum atomic E-state index is -0.120. The third-order valence-corrected chi connectivity index (χ3v) is 5.39. The van der Waals surface area contributed by atoms with Gasteiger partial charge < -0.3 is 20.9 Å². The van der Waals surface area contributed by atoms with Crippen LogP contribution in [0.3, 0.4) is 0 Å². The average Bonchev–Trinajstić information content (AvgIpc) is 3.25. The molecular weight excluding hydrogens is 314 g/mol. The van der Waals surface area contributed by atoms with Crippen LogP contribution in [0, 0.1) is 11.8 Å². The number of allylic oxidation sites excluding steroid dienone is 1. The number of phenols is 1. The Morgan fingerprint density at radius 1 is 1.24 bits per heavy atom. The molecule has 5 nitrogen and oxygen atoms in total. The van der Waals surface area contributed by atoms with E-state index in [4.69, 9.17) is 10.5 Å². The molecule has 0 spiro atoms. The van der Waals surface area contributed by atoms with Crippen LogP contribution < -0.4 is 15.8 Å². The predicted molar refractivity (Wildman–Crippen MR) is 100 cm³/mol. The maximum Gasteiger partial charge on any atom is 0.138 e. The Hall–Kier alpha value is -2.95. The van der Waals surface area contributed by atoms with Crippen molar-refractivity contribution in [2.75, 3.05) is 18.2 Å². The molecule has 3 unspecified atom stereocenters. The number of benzene rings is 2. The van der Waals surface area contributed by atoms with Gasteiger partial charge in [-0.15, -0.1) is 0 Å². The zero-order valence-corrected chi connectivity index (χ0v) is 14.2. The number of hydrogen-bond donors (Lipinski definition) is 3. The molecule has 25 heavy (non-hydrogen) atoms. The van der Waals surface area contributed by atoms with Gasteiger partial charge in [0.05, 0.1) is 12.8 Å². The molecule has 0 bridgehead atoms. The molecule has 0 radical (unpaired) electrons. The number of nitrogen functional groups attached to an aromatic ring is 1. The lowest BCUT2D eigenvalue weighted by molar-refractivity contribution is 0.415. The summed E-state index contributed by atoms with van der Waals surface area (Å²) in [6, 6.07) is 13.3. The molecule has 4 rings (SSSR count). The van der Waals surface area contributed by atoms with Crippen molar-refractivity contribution < 1.29 is 9.84 Å². The molecule has 2 aromatic rings. The fraction of sp³-hybridized carbons (Fsp3) is 0.250. The maximum absolute atomic E-state index is 9.71. The average molecular weight is 335 g/mol. The van der Waals surface area contributed by atoms with Gasteiger partial charge in [-0.1, -0.05) is 25.1 Å². The van der Waals surface area contributed by atoms with Crippen molar-refractivity contribution in [1.82, 2.24) is 0 Å². The molecule has 128 valence electrons. The van der Waals surface area contributed by atoms with Crippen LogP contribution in [0.15, 0.2) is 59.7 Å². The second-order valence-electron chi connectivity index (χ2n) is 6.66. The van der Waals surface area contributed by atoms with Crippen LogP contribution in [0.4, 0.5) is 11.4 Å². The lowest BCUT2D eigenvalue weighted by atomic mass is 9.90. The monoisotopic (exact) mass is 335 g/mol. The first-order valence-electron chi connectivity index (χ1n) is 8.31. The van der Waals surface area contributed by atoms with Crippen molar-refractivity contribution in [3.8, 4) is 11.5 Å². The quantitative estimate of drug-likeness (QED) is 0.592. The van der Waals surface area contributed by atoms with Crippen molar-refractivity contribution in [1.29, 1.82) is 0 Å². The predicted octanol–water partition coefficient (Wildman–Crippen LogP) is 3.52. The molecule has 4 N–H and O–H groups in total. The number of aromatic hydroxyl groups is 1. The molecule has 1 aliphatic heterocycles. The molecule has 1 aliphatic carbocycles. The van der Waals surface area contributed by atoms with Crippen molar-refractivity contribution in [3.05, 3.63) is 60.3 Å². The van der Waals surface area contributed by atoms with Gasteiger partial charge in [-0.25, -0.2) is 4.99 Å². The summed E-state index contributed by atoms with van der Waals surface area (Å²) >= 11 is 0. The van der Waals surface area contributed by atoms with Gasteiger partial charge in [-0.2, -0.15) is 0 Å². The number of rotatable bonds is 3. The van der Waals surface area contributed by atoms with Gasteiger partial charge >= 0.3 is 0 Å². The molecule has 2 aliphatic rings. The van der Waals surface area contributed by atoms with E-state index in [-0.39, 0.29) is 17.1 Å². The van der Waals surface area contributed by atoms with E-state index in [1.807, 2.05) is 42.6 Å². The van der Waals surface area contributed by atoms with Crippen molar-refractivity contribution in [2.45, 2.75) is 12.3 Å². The van der Waals surface area contributed by atoms with E-state index < -0.39 is 0 Å². The molecule has 1 fully saturated rings. The minimum Gasteiger partial charge on any atom is -0.506 e. The highest BCUT2D eigenvalue weighted by Crippen LogP contribution is 2.63. The Kier molecular flexibility index (Phi) is 3.46. The van der Waals surface area contributed by atoms with Crippen LogP contribution in [0.1, 0.15) is 12.5 Å². The highest BCUT2D eigenvalue weighted by atomic mass is 16.5. The first-order valence-corrected chi connectivity index (χ1v) is 8.31. The highest BCUT2D eigenvalue weighted by molar-refractivity contribution is 6.02. The van der Waals surface area contributed by atoms with Gasteiger partial charge in [-0.3, -0.25) is 0 Å². The molecule has 3 atom stereocenters. The van der Waals surface area contributed by atoms with Crippen LogP contribution in [-0.4, -0.2) is 18.1 Å². The third-order valence-electron chi connectivity index (χ3n) is 5.39. The Bertz CT molecular complexity index is 890. The third kappa shape index (κ3) is 2.35. The second kappa shape index (κ2) is 5.55. The summed E-state index contributed by atoms with van der Waals surface area (Å²) in [4.78, 5) is 4.57. The van der Waals surface area contributed by atoms with E-state index in [1.165, 1.54) is 0 Å². The van der Waals surface area contributed by atoms with Gasteiger partial charge in [-0.05, 0) is 35.7 Å². The summed E-state index contributed by atoms with van der Waals surface area (Å²) in [6.45, 7) is 2.21.